The Morgan fingerprint density at radius 2 is 2.25 bits per heavy atom. The van der Waals surface area contributed by atoms with Crippen LogP contribution in [-0.4, -0.2) is 12.6 Å². The van der Waals surface area contributed by atoms with Crippen LogP contribution in [0, 0.1) is 11.8 Å². The van der Waals surface area contributed by atoms with Gasteiger partial charge in [0.25, 0.3) is 0 Å². The van der Waals surface area contributed by atoms with Crippen molar-refractivity contribution in [3.8, 4) is 0 Å². The molecule has 2 atom stereocenters. The first kappa shape index (κ1) is 7.84. The van der Waals surface area contributed by atoms with Crippen molar-refractivity contribution in [2.24, 2.45) is 11.8 Å². The third kappa shape index (κ3) is 0.977. The van der Waals surface area contributed by atoms with E-state index in [4.69, 9.17) is 4.74 Å². The Morgan fingerprint density at radius 1 is 1.50 bits per heavy atom. The third-order valence-corrected chi connectivity index (χ3v) is 3.05. The summed E-state index contributed by atoms with van der Waals surface area (Å²) in [5, 5.41) is 0. The average Bonchev–Trinajstić information content (AvgIpc) is 2.42. The van der Waals surface area contributed by atoms with E-state index in [9.17, 15) is 4.79 Å². The number of esters is 1. The number of hydrogen-bond donors (Lipinski definition) is 0. The van der Waals surface area contributed by atoms with Crippen molar-refractivity contribution in [2.45, 2.75) is 26.7 Å². The molecule has 0 N–H and O–H groups in total. The summed E-state index contributed by atoms with van der Waals surface area (Å²) in [6.45, 7) is 4.82. The van der Waals surface area contributed by atoms with Gasteiger partial charge in [-0.15, -0.1) is 0 Å². The van der Waals surface area contributed by atoms with Gasteiger partial charge in [-0.2, -0.15) is 0 Å². The van der Waals surface area contributed by atoms with Gasteiger partial charge in [-0.1, -0.05) is 12.5 Å². The molecule has 0 aromatic heterocycles. The van der Waals surface area contributed by atoms with Crippen LogP contribution in [0.2, 0.25) is 0 Å². The molecule has 2 heteroatoms. The Balaban J connectivity index is 2.33. The minimum absolute atomic E-state index is 0.0619. The molecule has 0 aromatic rings. The van der Waals surface area contributed by atoms with Crippen molar-refractivity contribution in [1.82, 2.24) is 0 Å². The number of cyclic esters (lactones) is 1. The summed E-state index contributed by atoms with van der Waals surface area (Å²) in [6, 6.07) is 0. The molecule has 1 fully saturated rings. The van der Waals surface area contributed by atoms with Gasteiger partial charge < -0.3 is 4.74 Å². The maximum absolute atomic E-state index is 11.4. The summed E-state index contributed by atoms with van der Waals surface area (Å²) in [5.74, 6) is 0.953. The van der Waals surface area contributed by atoms with Crippen molar-refractivity contribution in [3.63, 3.8) is 0 Å². The maximum atomic E-state index is 11.4. The van der Waals surface area contributed by atoms with Crippen LogP contribution >= 0.6 is 0 Å². The SMILES string of the molecule is CC1=C2C(=O)OC[C@H](C)[C@H]2CC1. The molecule has 1 aliphatic carbocycles. The van der Waals surface area contributed by atoms with E-state index in [1.165, 1.54) is 5.57 Å². The zero-order valence-electron chi connectivity index (χ0n) is 7.59. The first-order chi connectivity index (χ1) is 5.70. The van der Waals surface area contributed by atoms with Gasteiger partial charge in [0.15, 0.2) is 0 Å². The van der Waals surface area contributed by atoms with E-state index in [1.807, 2.05) is 0 Å². The minimum atomic E-state index is -0.0619. The Hall–Kier alpha value is -0.790. The Bertz CT molecular complexity index is 253. The van der Waals surface area contributed by atoms with E-state index in [-0.39, 0.29) is 5.97 Å². The fourth-order valence-corrected chi connectivity index (χ4v) is 2.26. The maximum Gasteiger partial charge on any atom is 0.334 e. The molecule has 2 nitrogen and oxygen atoms in total. The summed E-state index contributed by atoms with van der Waals surface area (Å²) in [4.78, 5) is 11.4. The number of carbonyl (C=O) groups is 1. The molecule has 2 aliphatic rings. The smallest absolute Gasteiger partial charge is 0.334 e. The normalized spacial score (nSPS) is 35.0. The molecule has 2 rings (SSSR count). The fraction of sp³-hybridized carbons (Fsp3) is 0.700. The van der Waals surface area contributed by atoms with E-state index in [2.05, 4.69) is 13.8 Å². The minimum Gasteiger partial charge on any atom is -0.462 e. The highest BCUT2D eigenvalue weighted by Crippen LogP contribution is 2.40. The third-order valence-electron chi connectivity index (χ3n) is 3.05. The van der Waals surface area contributed by atoms with Gasteiger partial charge in [0, 0.05) is 5.57 Å². The summed E-state index contributed by atoms with van der Waals surface area (Å²) >= 11 is 0. The summed E-state index contributed by atoms with van der Waals surface area (Å²) < 4.78 is 5.08. The lowest BCUT2D eigenvalue weighted by Crippen LogP contribution is -2.29. The molecule has 12 heavy (non-hydrogen) atoms. The highest BCUT2D eigenvalue weighted by atomic mass is 16.5. The van der Waals surface area contributed by atoms with Crippen molar-refractivity contribution in [2.75, 3.05) is 6.61 Å². The van der Waals surface area contributed by atoms with Crippen molar-refractivity contribution in [3.05, 3.63) is 11.1 Å². The van der Waals surface area contributed by atoms with Crippen molar-refractivity contribution >= 4 is 5.97 Å². The van der Waals surface area contributed by atoms with Crippen LogP contribution in [0.25, 0.3) is 0 Å². The number of allylic oxidation sites excluding steroid dienone is 1. The van der Waals surface area contributed by atoms with Gasteiger partial charge in [0.2, 0.25) is 0 Å². The predicted octanol–water partition coefficient (Wildman–Crippen LogP) is 1.91. The first-order valence-corrected chi connectivity index (χ1v) is 4.57. The second-order valence-electron chi connectivity index (χ2n) is 3.91. The Labute approximate surface area is 72.6 Å². The van der Waals surface area contributed by atoms with Gasteiger partial charge >= 0.3 is 5.97 Å². The molecular formula is C10H14O2. The van der Waals surface area contributed by atoms with Crippen LogP contribution in [-0.2, 0) is 9.53 Å². The van der Waals surface area contributed by atoms with Crippen LogP contribution in [0.3, 0.4) is 0 Å². The van der Waals surface area contributed by atoms with Crippen molar-refractivity contribution < 1.29 is 9.53 Å². The van der Waals surface area contributed by atoms with E-state index in [1.54, 1.807) is 0 Å². The van der Waals surface area contributed by atoms with E-state index >= 15 is 0 Å². The second kappa shape index (κ2) is 2.61. The van der Waals surface area contributed by atoms with Crippen LogP contribution in [0.5, 0.6) is 0 Å². The van der Waals surface area contributed by atoms with Crippen LogP contribution < -0.4 is 0 Å². The van der Waals surface area contributed by atoms with Gasteiger partial charge in [0.1, 0.15) is 0 Å². The number of ether oxygens (including phenoxy) is 1. The Morgan fingerprint density at radius 3 is 2.92 bits per heavy atom. The summed E-state index contributed by atoms with van der Waals surface area (Å²) in [5.41, 5.74) is 2.23. The number of rotatable bonds is 0. The highest BCUT2D eigenvalue weighted by molar-refractivity contribution is 5.91. The fourth-order valence-electron chi connectivity index (χ4n) is 2.26. The van der Waals surface area contributed by atoms with Crippen LogP contribution in [0.4, 0.5) is 0 Å². The summed E-state index contributed by atoms with van der Waals surface area (Å²) in [6.07, 6.45) is 2.23. The lowest BCUT2D eigenvalue weighted by atomic mass is 9.86. The molecule has 1 saturated heterocycles. The average molecular weight is 166 g/mol. The van der Waals surface area contributed by atoms with Gasteiger partial charge in [-0.3, -0.25) is 0 Å². The molecule has 1 heterocycles. The molecule has 0 spiro atoms. The molecule has 0 saturated carbocycles. The molecule has 0 bridgehead atoms. The monoisotopic (exact) mass is 166 g/mol. The molecule has 66 valence electrons. The first-order valence-electron chi connectivity index (χ1n) is 4.57. The van der Waals surface area contributed by atoms with E-state index < -0.39 is 0 Å². The number of carbonyl (C=O) groups excluding carboxylic acids is 1. The molecule has 1 aliphatic heterocycles. The zero-order valence-corrected chi connectivity index (χ0v) is 7.59. The lowest BCUT2D eigenvalue weighted by Gasteiger charge is -2.27. The van der Waals surface area contributed by atoms with Gasteiger partial charge in [0.05, 0.1) is 6.61 Å². The van der Waals surface area contributed by atoms with Crippen LogP contribution in [0.1, 0.15) is 26.7 Å². The number of fused-ring (bicyclic) bond motifs is 1. The molecule has 0 radical (unpaired) electrons. The van der Waals surface area contributed by atoms with Gasteiger partial charge in [-0.25, -0.2) is 4.79 Å². The zero-order chi connectivity index (χ0) is 8.72. The van der Waals surface area contributed by atoms with Crippen LogP contribution in [0.15, 0.2) is 11.1 Å². The molecule has 0 amide bonds. The second-order valence-corrected chi connectivity index (χ2v) is 3.91. The van der Waals surface area contributed by atoms with Gasteiger partial charge in [-0.05, 0) is 31.6 Å². The van der Waals surface area contributed by atoms with E-state index in [0.717, 1.165) is 18.4 Å². The number of hydrogen-bond acceptors (Lipinski definition) is 2. The molecular weight excluding hydrogens is 152 g/mol. The highest BCUT2D eigenvalue weighted by Gasteiger charge is 2.37. The quantitative estimate of drug-likeness (QED) is 0.514. The topological polar surface area (TPSA) is 26.3 Å². The summed E-state index contributed by atoms with van der Waals surface area (Å²) in [7, 11) is 0. The van der Waals surface area contributed by atoms with Crippen molar-refractivity contribution in [1.29, 1.82) is 0 Å². The molecule has 0 unspecified atom stereocenters. The Kier molecular flexibility index (Phi) is 1.71. The predicted molar refractivity (Wildman–Crippen MR) is 45.5 cm³/mol. The largest absolute Gasteiger partial charge is 0.462 e. The van der Waals surface area contributed by atoms with E-state index in [0.29, 0.717) is 18.4 Å². The lowest BCUT2D eigenvalue weighted by molar-refractivity contribution is -0.144. The molecule has 0 aromatic carbocycles. The standard InChI is InChI=1S/C10H14O2/c1-6-3-4-8-7(2)5-12-10(11)9(6)8/h7-8H,3-5H2,1-2H3/t7-,8+/m0/s1.